The smallest absolute Gasteiger partial charge is 0.226 e. The number of aromatic nitrogens is 1. The van der Waals surface area contributed by atoms with Gasteiger partial charge in [-0.05, 0) is 62.1 Å². The lowest BCUT2D eigenvalue weighted by atomic mass is 9.78. The lowest BCUT2D eigenvalue weighted by Crippen LogP contribution is -2.66. The highest BCUT2D eigenvalue weighted by Crippen LogP contribution is 2.42. The van der Waals surface area contributed by atoms with Gasteiger partial charge in [-0.3, -0.25) is 9.78 Å². The molecule has 0 unspecified atom stereocenters. The molecule has 0 radical (unpaired) electrons. The summed E-state index contributed by atoms with van der Waals surface area (Å²) in [5, 5.41) is 0. The normalized spacial score (nSPS) is 23.9. The monoisotopic (exact) mass is 370 g/mol. The van der Waals surface area contributed by atoms with Crippen LogP contribution in [-0.4, -0.2) is 47.7 Å². The molecule has 5 nitrogen and oxygen atoms in total. The van der Waals surface area contributed by atoms with Crippen LogP contribution in [0.1, 0.15) is 50.5 Å². The first-order chi connectivity index (χ1) is 13.3. The summed E-state index contributed by atoms with van der Waals surface area (Å²) >= 11 is 0. The van der Waals surface area contributed by atoms with Crippen molar-refractivity contribution in [1.29, 1.82) is 0 Å². The van der Waals surface area contributed by atoms with Gasteiger partial charge in [-0.25, -0.2) is 0 Å². The zero-order chi connectivity index (χ0) is 18.5. The average Bonchev–Trinajstić information content (AvgIpc) is 3.10. The van der Waals surface area contributed by atoms with Crippen LogP contribution in [-0.2, 0) is 20.9 Å². The maximum atomic E-state index is 12.6. The van der Waals surface area contributed by atoms with Gasteiger partial charge >= 0.3 is 0 Å². The molecular formula is C22H30N2O3. The minimum absolute atomic E-state index is 0.114. The van der Waals surface area contributed by atoms with Gasteiger partial charge in [-0.1, -0.05) is 11.6 Å². The van der Waals surface area contributed by atoms with Gasteiger partial charge in [-0.15, -0.1) is 0 Å². The third kappa shape index (κ3) is 4.41. The van der Waals surface area contributed by atoms with Crippen LogP contribution >= 0.6 is 0 Å². The second kappa shape index (κ2) is 8.53. The van der Waals surface area contributed by atoms with Crippen LogP contribution in [0.3, 0.4) is 0 Å². The highest BCUT2D eigenvalue weighted by molar-refractivity contribution is 5.80. The van der Waals surface area contributed by atoms with Crippen LogP contribution < -0.4 is 0 Å². The molecule has 2 saturated heterocycles. The van der Waals surface area contributed by atoms with E-state index in [0.717, 1.165) is 57.6 Å². The molecule has 5 heteroatoms. The van der Waals surface area contributed by atoms with Crippen molar-refractivity contribution in [2.24, 2.45) is 5.92 Å². The standard InChI is InChI=1S/C22H30N2O3/c25-21(14-18-4-2-1-3-5-18)24-16-22(17-24)20(9-13-27-22)8-12-26-15-19-6-10-23-11-7-19/h4,6-7,10-11,20H,1-3,5,8-9,12-17H2/t20-/m1/s1. The van der Waals surface area contributed by atoms with Crippen LogP contribution in [0, 0.1) is 5.92 Å². The zero-order valence-electron chi connectivity index (χ0n) is 16.1. The van der Waals surface area contributed by atoms with E-state index in [1.807, 2.05) is 17.0 Å². The zero-order valence-corrected chi connectivity index (χ0v) is 16.1. The molecule has 27 heavy (non-hydrogen) atoms. The summed E-state index contributed by atoms with van der Waals surface area (Å²) in [6.07, 6.45) is 13.3. The Kier molecular flexibility index (Phi) is 5.89. The maximum absolute atomic E-state index is 12.6. The van der Waals surface area contributed by atoms with Crippen LogP contribution in [0.4, 0.5) is 0 Å². The fourth-order valence-electron chi connectivity index (χ4n) is 4.58. The number of hydrogen-bond donors (Lipinski definition) is 0. The number of nitrogens with zero attached hydrogens (tertiary/aromatic N) is 2. The molecule has 146 valence electrons. The van der Waals surface area contributed by atoms with Gasteiger partial charge in [0.2, 0.25) is 5.91 Å². The van der Waals surface area contributed by atoms with Crippen molar-refractivity contribution in [1.82, 2.24) is 9.88 Å². The van der Waals surface area contributed by atoms with E-state index in [1.54, 1.807) is 12.4 Å². The Morgan fingerprint density at radius 2 is 2.15 bits per heavy atom. The lowest BCUT2D eigenvalue weighted by Gasteiger charge is -2.50. The Bertz CT molecular complexity index is 667. The van der Waals surface area contributed by atoms with E-state index < -0.39 is 0 Å². The molecule has 3 heterocycles. The van der Waals surface area contributed by atoms with Gasteiger partial charge in [0.25, 0.3) is 0 Å². The van der Waals surface area contributed by atoms with Gasteiger partial charge in [0.1, 0.15) is 5.60 Å². The topological polar surface area (TPSA) is 51.7 Å². The summed E-state index contributed by atoms with van der Waals surface area (Å²) < 4.78 is 11.9. The molecule has 1 spiro atoms. The number of pyridine rings is 1. The van der Waals surface area contributed by atoms with Crippen LogP contribution in [0.5, 0.6) is 0 Å². The Labute approximate surface area is 161 Å². The number of likely N-dealkylation sites (tertiary alicyclic amines) is 1. The van der Waals surface area contributed by atoms with Gasteiger partial charge in [0.05, 0.1) is 19.7 Å². The first kappa shape index (κ1) is 18.6. The minimum Gasteiger partial charge on any atom is -0.377 e. The second-order valence-electron chi connectivity index (χ2n) is 8.13. The van der Waals surface area contributed by atoms with Crippen LogP contribution in [0.25, 0.3) is 0 Å². The number of ether oxygens (including phenoxy) is 2. The van der Waals surface area contributed by atoms with E-state index >= 15 is 0 Å². The molecule has 1 aliphatic carbocycles. The van der Waals surface area contributed by atoms with Crippen molar-refractivity contribution in [3.8, 4) is 0 Å². The molecule has 0 saturated carbocycles. The van der Waals surface area contributed by atoms with Gasteiger partial charge in [0.15, 0.2) is 0 Å². The van der Waals surface area contributed by atoms with Gasteiger partial charge in [0, 0.05) is 32.0 Å². The minimum atomic E-state index is -0.114. The molecule has 1 aromatic rings. The second-order valence-corrected chi connectivity index (χ2v) is 8.13. The van der Waals surface area contributed by atoms with Crippen molar-refractivity contribution in [3.05, 3.63) is 41.7 Å². The van der Waals surface area contributed by atoms with E-state index in [2.05, 4.69) is 11.1 Å². The van der Waals surface area contributed by atoms with Crippen molar-refractivity contribution in [2.75, 3.05) is 26.3 Å². The summed E-state index contributed by atoms with van der Waals surface area (Å²) in [6, 6.07) is 3.97. The largest absolute Gasteiger partial charge is 0.377 e. The first-order valence-electron chi connectivity index (χ1n) is 10.3. The summed E-state index contributed by atoms with van der Waals surface area (Å²) in [5.74, 6) is 0.768. The number of rotatable bonds is 7. The fourth-order valence-corrected chi connectivity index (χ4v) is 4.58. The van der Waals surface area contributed by atoms with Crippen molar-refractivity contribution < 1.29 is 14.3 Å². The Hall–Kier alpha value is -1.72. The van der Waals surface area contributed by atoms with Gasteiger partial charge in [-0.2, -0.15) is 0 Å². The summed E-state index contributed by atoms with van der Waals surface area (Å²) in [5.41, 5.74) is 2.37. The summed E-state index contributed by atoms with van der Waals surface area (Å²) in [6.45, 7) is 3.69. The van der Waals surface area contributed by atoms with Gasteiger partial charge < -0.3 is 14.4 Å². The number of hydrogen-bond acceptors (Lipinski definition) is 4. The molecule has 2 aliphatic heterocycles. The average molecular weight is 370 g/mol. The van der Waals surface area contributed by atoms with Crippen molar-refractivity contribution >= 4 is 5.91 Å². The Morgan fingerprint density at radius 3 is 2.93 bits per heavy atom. The van der Waals surface area contributed by atoms with E-state index in [4.69, 9.17) is 9.47 Å². The molecule has 1 aromatic heterocycles. The predicted molar refractivity (Wildman–Crippen MR) is 103 cm³/mol. The molecular weight excluding hydrogens is 340 g/mol. The number of amides is 1. The molecule has 2 fully saturated rings. The Balaban J connectivity index is 1.21. The molecule has 1 atom stereocenters. The molecule has 4 rings (SSSR count). The number of allylic oxidation sites excluding steroid dienone is 1. The van der Waals surface area contributed by atoms with E-state index in [1.165, 1.54) is 18.4 Å². The molecule has 0 aromatic carbocycles. The van der Waals surface area contributed by atoms with Crippen LogP contribution in [0.2, 0.25) is 0 Å². The van der Waals surface area contributed by atoms with Crippen molar-refractivity contribution in [2.45, 2.75) is 57.2 Å². The van der Waals surface area contributed by atoms with E-state index in [0.29, 0.717) is 18.9 Å². The molecule has 3 aliphatic rings. The third-order valence-electron chi connectivity index (χ3n) is 6.26. The van der Waals surface area contributed by atoms with E-state index in [-0.39, 0.29) is 11.5 Å². The fraction of sp³-hybridized carbons (Fsp3) is 0.636. The van der Waals surface area contributed by atoms with Crippen LogP contribution in [0.15, 0.2) is 36.2 Å². The summed E-state index contributed by atoms with van der Waals surface area (Å²) in [7, 11) is 0. The molecule has 0 N–H and O–H groups in total. The number of carbonyl (C=O) groups excluding carboxylic acids is 1. The Morgan fingerprint density at radius 1 is 1.30 bits per heavy atom. The number of carbonyl (C=O) groups is 1. The van der Waals surface area contributed by atoms with E-state index in [9.17, 15) is 4.79 Å². The molecule has 1 amide bonds. The summed E-state index contributed by atoms with van der Waals surface area (Å²) in [4.78, 5) is 18.6. The SMILES string of the molecule is O=C(CC1=CCCCC1)N1CC2(C1)OCC[C@H]2CCOCc1ccncc1. The van der Waals surface area contributed by atoms with Crippen molar-refractivity contribution in [3.63, 3.8) is 0 Å². The quantitative estimate of drug-likeness (QED) is 0.545. The highest BCUT2D eigenvalue weighted by Gasteiger charge is 2.53. The first-order valence-corrected chi connectivity index (χ1v) is 10.3. The highest BCUT2D eigenvalue weighted by atomic mass is 16.5. The third-order valence-corrected chi connectivity index (χ3v) is 6.26. The lowest BCUT2D eigenvalue weighted by molar-refractivity contribution is -0.165. The predicted octanol–water partition coefficient (Wildman–Crippen LogP) is 3.50. The maximum Gasteiger partial charge on any atom is 0.226 e. The molecule has 0 bridgehead atoms.